The van der Waals surface area contributed by atoms with Gasteiger partial charge in [0.05, 0.1) is 25.4 Å². The molecule has 0 bridgehead atoms. The molecule has 0 spiro atoms. The molecule has 1 heterocycles. The fraction of sp³-hybridized carbons (Fsp3) is 0.321. The Labute approximate surface area is 283 Å². The maximum Gasteiger partial charge on any atom is 0.230 e. The van der Waals surface area contributed by atoms with Gasteiger partial charge in [-0.3, -0.25) is 9.59 Å². The van der Waals surface area contributed by atoms with Gasteiger partial charge in [0.25, 0.3) is 0 Å². The van der Waals surface area contributed by atoms with E-state index in [0.717, 1.165) is 14.7 Å². The smallest absolute Gasteiger partial charge is 0.230 e. The van der Waals surface area contributed by atoms with E-state index in [9.17, 15) is 9.59 Å². The van der Waals surface area contributed by atoms with E-state index in [4.69, 9.17) is 14.2 Å². The minimum Gasteiger partial charge on any atom is -0.495 e. The molecule has 0 unspecified atom stereocenters. The van der Waals surface area contributed by atoms with Gasteiger partial charge in [-0.2, -0.15) is 0 Å². The summed E-state index contributed by atoms with van der Waals surface area (Å²) in [6.07, 6.45) is 3.55. The van der Waals surface area contributed by atoms with Crippen LogP contribution in [0.15, 0.2) is 55.9 Å². The van der Waals surface area contributed by atoms with Crippen molar-refractivity contribution in [2.45, 2.75) is 20.8 Å². The molecule has 1 aliphatic heterocycles. The summed E-state index contributed by atoms with van der Waals surface area (Å²) in [5.74, 6) is 0.591. The van der Waals surface area contributed by atoms with E-state index in [0.29, 0.717) is 57.6 Å². The van der Waals surface area contributed by atoms with Gasteiger partial charge in [0, 0.05) is 20.0 Å². The number of Topliss-reactive ketones (excluding diaryl/α,β-unsaturated/α-hetero) is 2. The highest BCUT2D eigenvalue weighted by atomic mass is 79.9. The summed E-state index contributed by atoms with van der Waals surface area (Å²) in [7, 11) is 6.91. The number of nitrogens with zero attached hydrogens (tertiary/aromatic N) is 1. The SMILES string of the molecule is COc1c(Br)c(OC)c2c(c1Br)OC(C(C)(C)C)=C/C2=C\C1C(=O)C(=C2C(Br)=C(Br)C(=[N+](C)C)C(Br)=C2Br)C1=O. The molecule has 0 aromatic heterocycles. The molecule has 1 aromatic rings. The van der Waals surface area contributed by atoms with E-state index in [1.807, 2.05) is 45.5 Å². The van der Waals surface area contributed by atoms with Crippen LogP contribution in [0.5, 0.6) is 17.2 Å². The van der Waals surface area contributed by atoms with Crippen molar-refractivity contribution in [2.24, 2.45) is 11.3 Å². The van der Waals surface area contributed by atoms with Crippen molar-refractivity contribution in [1.82, 2.24) is 0 Å². The number of halogens is 6. The highest BCUT2D eigenvalue weighted by Gasteiger charge is 2.48. The maximum absolute atomic E-state index is 13.7. The summed E-state index contributed by atoms with van der Waals surface area (Å²) in [4.78, 5) is 27.3. The van der Waals surface area contributed by atoms with Crippen LogP contribution in [0, 0.1) is 11.3 Å². The average Bonchev–Trinajstić information content (AvgIpc) is 2.88. The van der Waals surface area contributed by atoms with Gasteiger partial charge in [-0.15, -0.1) is 0 Å². The number of ketones is 2. The zero-order valence-corrected chi connectivity index (χ0v) is 32.0. The number of hydrogen-bond acceptors (Lipinski definition) is 5. The van der Waals surface area contributed by atoms with E-state index in [2.05, 4.69) is 95.6 Å². The first-order chi connectivity index (χ1) is 18.6. The topological polar surface area (TPSA) is 64.8 Å². The Hall–Kier alpha value is -0.790. The lowest BCUT2D eigenvalue weighted by atomic mass is 9.72. The summed E-state index contributed by atoms with van der Waals surface area (Å²) in [5.41, 5.74) is 2.37. The Balaban J connectivity index is 1.92. The van der Waals surface area contributed by atoms with E-state index < -0.39 is 5.92 Å². The highest BCUT2D eigenvalue weighted by Crippen LogP contribution is 2.56. The van der Waals surface area contributed by atoms with E-state index in [1.54, 1.807) is 20.3 Å². The summed E-state index contributed by atoms with van der Waals surface area (Å²) in [6.45, 7) is 6.07. The van der Waals surface area contributed by atoms with Gasteiger partial charge in [-0.25, -0.2) is 4.58 Å². The molecule has 4 rings (SSSR count). The van der Waals surface area contributed by atoms with Gasteiger partial charge in [0.15, 0.2) is 23.1 Å². The molecule has 1 aromatic carbocycles. The molecule has 0 N–H and O–H groups in total. The first-order valence-corrected chi connectivity index (χ1v) is 16.6. The number of allylic oxidation sites excluding steroid dienone is 10. The number of fused-ring (bicyclic) bond motifs is 1. The minimum absolute atomic E-state index is 0.128. The van der Waals surface area contributed by atoms with Crippen LogP contribution in [0.2, 0.25) is 0 Å². The van der Waals surface area contributed by atoms with Crippen LogP contribution < -0.4 is 14.2 Å². The van der Waals surface area contributed by atoms with Crippen LogP contribution in [-0.2, 0) is 9.59 Å². The molecular weight excluding hydrogens is 910 g/mol. The number of carbonyl (C=O) groups excluding carboxylic acids is 2. The van der Waals surface area contributed by atoms with Crippen LogP contribution in [0.4, 0.5) is 0 Å². The predicted octanol–water partition coefficient (Wildman–Crippen LogP) is 8.73. The first-order valence-electron chi connectivity index (χ1n) is 11.8. The van der Waals surface area contributed by atoms with Crippen molar-refractivity contribution in [2.75, 3.05) is 28.3 Å². The van der Waals surface area contributed by atoms with Crippen LogP contribution in [-0.4, -0.2) is 50.2 Å². The molecule has 6 nitrogen and oxygen atoms in total. The minimum atomic E-state index is -0.970. The summed E-state index contributed by atoms with van der Waals surface area (Å²) >= 11 is 21.6. The van der Waals surface area contributed by atoms with Crippen molar-refractivity contribution in [3.8, 4) is 17.2 Å². The van der Waals surface area contributed by atoms with E-state index >= 15 is 0 Å². The Kier molecular flexibility index (Phi) is 9.41. The van der Waals surface area contributed by atoms with Crippen LogP contribution in [0.3, 0.4) is 0 Å². The van der Waals surface area contributed by atoms with Crippen molar-refractivity contribution in [3.63, 3.8) is 0 Å². The number of rotatable bonds is 3. The molecular formula is C28H24Br6NO5+. The number of benzene rings is 1. The van der Waals surface area contributed by atoms with E-state index in [-0.39, 0.29) is 22.6 Å². The third-order valence-electron chi connectivity index (χ3n) is 6.53. The molecule has 1 fully saturated rings. The lowest BCUT2D eigenvalue weighted by molar-refractivity contribution is -0.463. The second kappa shape index (κ2) is 11.7. The zero-order valence-electron chi connectivity index (χ0n) is 22.5. The fourth-order valence-corrected chi connectivity index (χ4v) is 9.32. The lowest BCUT2D eigenvalue weighted by Crippen LogP contribution is -2.41. The monoisotopic (exact) mass is 928 g/mol. The average molecular weight is 934 g/mol. The Morgan fingerprint density at radius 3 is 1.80 bits per heavy atom. The molecule has 40 heavy (non-hydrogen) atoms. The van der Waals surface area contributed by atoms with Crippen molar-refractivity contribution >= 4 is 118 Å². The van der Waals surface area contributed by atoms with Crippen LogP contribution in [0.1, 0.15) is 26.3 Å². The van der Waals surface area contributed by atoms with Gasteiger partial charge in [0.2, 0.25) is 5.71 Å². The second-order valence-electron chi connectivity index (χ2n) is 10.3. The summed E-state index contributed by atoms with van der Waals surface area (Å²) < 4.78 is 23.5. The molecule has 0 radical (unpaired) electrons. The first kappa shape index (κ1) is 32.1. The Morgan fingerprint density at radius 1 is 0.825 bits per heavy atom. The Bertz CT molecular complexity index is 1530. The largest absolute Gasteiger partial charge is 0.495 e. The molecule has 3 aliphatic rings. The lowest BCUT2D eigenvalue weighted by Gasteiger charge is -2.32. The summed E-state index contributed by atoms with van der Waals surface area (Å²) in [5, 5.41) is 0. The van der Waals surface area contributed by atoms with Crippen LogP contribution in [0.25, 0.3) is 5.57 Å². The van der Waals surface area contributed by atoms with Gasteiger partial charge < -0.3 is 14.2 Å². The molecule has 12 heteroatoms. The normalized spacial score (nSPS) is 20.5. The van der Waals surface area contributed by atoms with Gasteiger partial charge in [-0.05, 0) is 107 Å². The standard InChI is InChI=1S/C28H24Br6NO5/c1-28(2,3)12-9-10(13-25(38-6)20(33)27(39-7)21(34)26(13)40-12)8-11-23(36)15(24(11)37)14-16(29)18(31)22(35(4)5)19(32)17(14)30/h8-9,11H,1-7H3/q+1/b10-8+. The maximum atomic E-state index is 13.7. The molecule has 1 saturated carbocycles. The number of hydrogen-bond donors (Lipinski definition) is 0. The Morgan fingerprint density at radius 2 is 1.35 bits per heavy atom. The number of carbonyl (C=O) groups is 2. The molecule has 212 valence electrons. The van der Waals surface area contributed by atoms with Crippen molar-refractivity contribution in [1.29, 1.82) is 0 Å². The van der Waals surface area contributed by atoms with Gasteiger partial charge in [-0.1, -0.05) is 26.8 Å². The second-order valence-corrected chi connectivity index (χ2v) is 15.1. The summed E-state index contributed by atoms with van der Waals surface area (Å²) in [6, 6.07) is 0. The predicted molar refractivity (Wildman–Crippen MR) is 178 cm³/mol. The number of ether oxygens (including phenoxy) is 3. The van der Waals surface area contributed by atoms with Crippen molar-refractivity contribution in [3.05, 3.63) is 61.5 Å². The highest BCUT2D eigenvalue weighted by molar-refractivity contribution is 9.15. The van der Waals surface area contributed by atoms with Crippen molar-refractivity contribution < 1.29 is 28.4 Å². The fourth-order valence-electron chi connectivity index (χ4n) is 4.49. The molecule has 2 aliphatic carbocycles. The molecule has 0 saturated heterocycles. The van der Waals surface area contributed by atoms with E-state index in [1.165, 1.54) is 0 Å². The van der Waals surface area contributed by atoms with Gasteiger partial charge in [0.1, 0.15) is 49.4 Å². The molecule has 0 amide bonds. The zero-order chi connectivity index (χ0) is 30.0. The third kappa shape index (κ3) is 5.16. The number of methoxy groups -OCH3 is 2. The van der Waals surface area contributed by atoms with Crippen LogP contribution >= 0.6 is 95.6 Å². The third-order valence-corrected chi connectivity index (χ3v) is 12.2. The van der Waals surface area contributed by atoms with Gasteiger partial charge >= 0.3 is 0 Å². The molecule has 0 atom stereocenters. The quantitative estimate of drug-likeness (QED) is 0.132.